The Morgan fingerprint density at radius 3 is 2.72 bits per heavy atom. The maximum absolute atomic E-state index is 12.0. The van der Waals surface area contributed by atoms with Crippen LogP contribution in [0.1, 0.15) is 18.9 Å². The van der Waals surface area contributed by atoms with E-state index >= 15 is 0 Å². The Morgan fingerprint density at radius 2 is 2.22 bits per heavy atom. The molecule has 6 heteroatoms. The number of nitrogens with two attached hydrogens (primary N) is 1. The summed E-state index contributed by atoms with van der Waals surface area (Å²) >= 11 is 6.07. The second-order valence-corrected chi connectivity index (χ2v) is 4.27. The first-order chi connectivity index (χ1) is 8.49. The van der Waals surface area contributed by atoms with Crippen molar-refractivity contribution in [2.75, 3.05) is 11.4 Å². The molecule has 0 aliphatic heterocycles. The Kier molecular flexibility index (Phi) is 4.97. The molecule has 0 unspecified atom stereocenters. The van der Waals surface area contributed by atoms with E-state index in [-0.39, 0.29) is 5.96 Å². The molecule has 1 rings (SSSR count). The maximum Gasteiger partial charge on any atom is 0.328 e. The summed E-state index contributed by atoms with van der Waals surface area (Å²) in [5, 5.41) is 10.6. The minimum Gasteiger partial charge on any atom is -0.369 e. The number of para-hydroxylation sites is 1. The van der Waals surface area contributed by atoms with Gasteiger partial charge in [0.25, 0.3) is 0 Å². The van der Waals surface area contributed by atoms with E-state index in [4.69, 9.17) is 22.7 Å². The number of rotatable bonds is 3. The summed E-state index contributed by atoms with van der Waals surface area (Å²) in [6, 6.07) is 4.81. The number of hydrogen-bond donors (Lipinski definition) is 3. The molecule has 4 N–H and O–H groups in total. The molecular formula is C12H17ClN4O. The fourth-order valence-corrected chi connectivity index (χ4v) is 1.86. The van der Waals surface area contributed by atoms with Crippen molar-refractivity contribution in [1.29, 1.82) is 5.41 Å². The first kappa shape index (κ1) is 14.3. The molecule has 18 heavy (non-hydrogen) atoms. The number of carbonyl (C=O) groups is 1. The van der Waals surface area contributed by atoms with Gasteiger partial charge in [0.15, 0.2) is 0 Å². The van der Waals surface area contributed by atoms with Gasteiger partial charge in [0.2, 0.25) is 5.96 Å². The average molecular weight is 269 g/mol. The molecule has 0 atom stereocenters. The minimum atomic E-state index is -0.444. The van der Waals surface area contributed by atoms with Gasteiger partial charge in [-0.3, -0.25) is 5.41 Å². The number of halogens is 1. The van der Waals surface area contributed by atoms with Gasteiger partial charge in [0.1, 0.15) is 0 Å². The number of guanidine groups is 1. The number of amides is 2. The van der Waals surface area contributed by atoms with Crippen molar-refractivity contribution >= 4 is 29.3 Å². The molecule has 1 aromatic carbocycles. The highest BCUT2D eigenvalue weighted by molar-refractivity contribution is 6.35. The molecule has 98 valence electrons. The van der Waals surface area contributed by atoms with Gasteiger partial charge >= 0.3 is 6.03 Å². The predicted octanol–water partition coefficient (Wildman–Crippen LogP) is 2.47. The van der Waals surface area contributed by atoms with Crippen LogP contribution in [0.2, 0.25) is 5.02 Å². The molecule has 0 aliphatic rings. The molecule has 2 amide bonds. The molecule has 5 nitrogen and oxygen atoms in total. The monoisotopic (exact) mass is 268 g/mol. The largest absolute Gasteiger partial charge is 0.369 e. The Bertz CT molecular complexity index is 441. The summed E-state index contributed by atoms with van der Waals surface area (Å²) < 4.78 is 0. The Morgan fingerprint density at radius 1 is 1.56 bits per heavy atom. The number of aryl methyl sites for hydroxylation is 1. The van der Waals surface area contributed by atoms with Crippen LogP contribution in [0.15, 0.2) is 18.2 Å². The summed E-state index contributed by atoms with van der Waals surface area (Å²) in [5.74, 6) is -0.361. The molecule has 0 bridgehead atoms. The van der Waals surface area contributed by atoms with Crippen LogP contribution in [-0.4, -0.2) is 18.5 Å². The lowest BCUT2D eigenvalue weighted by atomic mass is 10.2. The zero-order chi connectivity index (χ0) is 13.7. The van der Waals surface area contributed by atoms with Crippen LogP contribution in [0.4, 0.5) is 10.5 Å². The second-order valence-electron chi connectivity index (χ2n) is 3.86. The molecule has 0 saturated carbocycles. The molecular weight excluding hydrogens is 252 g/mol. The molecule has 0 radical (unpaired) electrons. The van der Waals surface area contributed by atoms with Crippen molar-refractivity contribution in [2.24, 2.45) is 5.73 Å². The van der Waals surface area contributed by atoms with Crippen molar-refractivity contribution < 1.29 is 4.79 Å². The van der Waals surface area contributed by atoms with E-state index in [1.54, 1.807) is 12.1 Å². The highest BCUT2D eigenvalue weighted by Gasteiger charge is 2.22. The van der Waals surface area contributed by atoms with Crippen molar-refractivity contribution in [1.82, 2.24) is 5.32 Å². The SMILES string of the molecule is CCCNC(=O)N(C(=N)N)c1c(C)cccc1Cl. The number of nitrogens with one attached hydrogen (secondary N) is 2. The fourth-order valence-electron chi connectivity index (χ4n) is 1.55. The second kappa shape index (κ2) is 6.26. The highest BCUT2D eigenvalue weighted by atomic mass is 35.5. The van der Waals surface area contributed by atoms with Crippen LogP contribution in [0, 0.1) is 12.3 Å². The van der Waals surface area contributed by atoms with E-state index < -0.39 is 6.03 Å². The highest BCUT2D eigenvalue weighted by Crippen LogP contribution is 2.29. The van der Waals surface area contributed by atoms with Gasteiger partial charge in [0.05, 0.1) is 10.7 Å². The lowest BCUT2D eigenvalue weighted by molar-refractivity contribution is 0.249. The van der Waals surface area contributed by atoms with Gasteiger partial charge in [0, 0.05) is 6.54 Å². The topological polar surface area (TPSA) is 82.2 Å². The smallest absolute Gasteiger partial charge is 0.328 e. The zero-order valence-electron chi connectivity index (χ0n) is 10.5. The molecule has 0 heterocycles. The van der Waals surface area contributed by atoms with Gasteiger partial charge in [-0.05, 0) is 25.0 Å². The standard InChI is InChI=1S/C12H17ClN4O/c1-3-7-16-12(18)17(11(14)15)10-8(2)5-4-6-9(10)13/h4-6H,3,7H2,1-2H3,(H3,14,15)(H,16,18). The van der Waals surface area contributed by atoms with Crippen LogP contribution >= 0.6 is 11.6 Å². The first-order valence-corrected chi connectivity index (χ1v) is 6.04. The van der Waals surface area contributed by atoms with E-state index in [1.807, 2.05) is 19.9 Å². The van der Waals surface area contributed by atoms with Crippen LogP contribution in [0.5, 0.6) is 0 Å². The molecule has 0 spiro atoms. The van der Waals surface area contributed by atoms with Crippen LogP contribution in [0.3, 0.4) is 0 Å². The lowest BCUT2D eigenvalue weighted by Gasteiger charge is -2.23. The Hall–Kier alpha value is -1.75. The average Bonchev–Trinajstić information content (AvgIpc) is 2.30. The third kappa shape index (κ3) is 3.13. The normalized spacial score (nSPS) is 9.94. The van der Waals surface area contributed by atoms with E-state index in [0.29, 0.717) is 17.3 Å². The summed E-state index contributed by atoms with van der Waals surface area (Å²) in [6.07, 6.45) is 0.805. The number of carbonyl (C=O) groups excluding carboxylic acids is 1. The van der Waals surface area contributed by atoms with E-state index in [1.165, 1.54) is 0 Å². The van der Waals surface area contributed by atoms with Crippen molar-refractivity contribution in [2.45, 2.75) is 20.3 Å². The number of anilines is 1. The predicted molar refractivity (Wildman–Crippen MR) is 74.3 cm³/mol. The molecule has 0 aromatic heterocycles. The quantitative estimate of drug-likeness (QED) is 0.581. The number of hydrogen-bond acceptors (Lipinski definition) is 2. The van der Waals surface area contributed by atoms with Crippen molar-refractivity contribution in [3.63, 3.8) is 0 Å². The Balaban J connectivity index is 3.13. The minimum absolute atomic E-state index is 0.361. The first-order valence-electron chi connectivity index (χ1n) is 5.66. The molecule has 1 aromatic rings. The third-order valence-corrected chi connectivity index (χ3v) is 2.69. The Labute approximate surface area is 111 Å². The van der Waals surface area contributed by atoms with Crippen molar-refractivity contribution in [3.05, 3.63) is 28.8 Å². The fraction of sp³-hybridized carbons (Fsp3) is 0.333. The summed E-state index contributed by atoms with van der Waals surface area (Å²) in [4.78, 5) is 13.1. The zero-order valence-corrected chi connectivity index (χ0v) is 11.2. The van der Waals surface area contributed by atoms with E-state index in [9.17, 15) is 4.79 Å². The van der Waals surface area contributed by atoms with E-state index in [2.05, 4.69) is 5.32 Å². The van der Waals surface area contributed by atoms with Crippen LogP contribution in [0.25, 0.3) is 0 Å². The summed E-state index contributed by atoms with van der Waals surface area (Å²) in [5.41, 5.74) is 6.70. The molecule has 0 fully saturated rings. The van der Waals surface area contributed by atoms with Crippen LogP contribution in [-0.2, 0) is 0 Å². The summed E-state index contributed by atoms with van der Waals surface area (Å²) in [7, 11) is 0. The lowest BCUT2D eigenvalue weighted by Crippen LogP contribution is -2.47. The summed E-state index contributed by atoms with van der Waals surface area (Å²) in [6.45, 7) is 4.27. The van der Waals surface area contributed by atoms with Crippen LogP contribution < -0.4 is 16.0 Å². The van der Waals surface area contributed by atoms with E-state index in [0.717, 1.165) is 16.9 Å². The molecule has 0 saturated heterocycles. The maximum atomic E-state index is 12.0. The van der Waals surface area contributed by atoms with Gasteiger partial charge < -0.3 is 11.1 Å². The molecule has 0 aliphatic carbocycles. The number of benzene rings is 1. The van der Waals surface area contributed by atoms with Gasteiger partial charge in [-0.1, -0.05) is 30.7 Å². The van der Waals surface area contributed by atoms with Gasteiger partial charge in [-0.25, -0.2) is 9.69 Å². The number of nitrogens with zero attached hydrogens (tertiary/aromatic N) is 1. The van der Waals surface area contributed by atoms with Crippen molar-refractivity contribution in [3.8, 4) is 0 Å². The van der Waals surface area contributed by atoms with Gasteiger partial charge in [-0.15, -0.1) is 0 Å². The van der Waals surface area contributed by atoms with Gasteiger partial charge in [-0.2, -0.15) is 0 Å². The third-order valence-electron chi connectivity index (χ3n) is 2.38. The number of urea groups is 1.